The SMILES string of the molecule is CCOC(=O)c1cnc(N2CCN(C(=O)N(c3ccccc3)c3ccccc3)CC2)nc1. The summed E-state index contributed by atoms with van der Waals surface area (Å²) < 4.78 is 4.97. The van der Waals surface area contributed by atoms with Crippen LogP contribution in [0.1, 0.15) is 17.3 Å². The van der Waals surface area contributed by atoms with Crippen molar-refractivity contribution in [1.82, 2.24) is 14.9 Å². The van der Waals surface area contributed by atoms with Gasteiger partial charge < -0.3 is 14.5 Å². The average Bonchev–Trinajstić information content (AvgIpc) is 2.86. The molecule has 1 saturated heterocycles. The van der Waals surface area contributed by atoms with Gasteiger partial charge in [-0.15, -0.1) is 0 Å². The molecule has 2 heterocycles. The highest BCUT2D eigenvalue weighted by molar-refractivity contribution is 5.99. The molecule has 0 spiro atoms. The second-order valence-electron chi connectivity index (χ2n) is 7.26. The molecule has 1 aliphatic heterocycles. The number of esters is 1. The molecule has 0 radical (unpaired) electrons. The Morgan fingerprint density at radius 2 is 1.41 bits per heavy atom. The lowest BCUT2D eigenvalue weighted by Gasteiger charge is -2.37. The first-order valence-electron chi connectivity index (χ1n) is 10.6. The van der Waals surface area contributed by atoms with E-state index in [0.29, 0.717) is 44.3 Å². The summed E-state index contributed by atoms with van der Waals surface area (Å²) in [6.45, 7) is 4.34. The number of nitrogens with zero attached hydrogens (tertiary/aromatic N) is 5. The molecule has 0 N–H and O–H groups in total. The fourth-order valence-electron chi connectivity index (χ4n) is 3.57. The number of carbonyl (C=O) groups excluding carboxylic acids is 2. The molecule has 2 aromatic carbocycles. The van der Waals surface area contributed by atoms with E-state index in [1.54, 1.807) is 11.8 Å². The fraction of sp³-hybridized carbons (Fsp3) is 0.250. The molecule has 32 heavy (non-hydrogen) atoms. The van der Waals surface area contributed by atoms with E-state index in [4.69, 9.17) is 4.74 Å². The summed E-state index contributed by atoms with van der Waals surface area (Å²) >= 11 is 0. The normalized spacial score (nSPS) is 13.5. The Labute approximate surface area is 187 Å². The van der Waals surface area contributed by atoms with E-state index >= 15 is 0 Å². The van der Waals surface area contributed by atoms with Crippen molar-refractivity contribution in [2.45, 2.75) is 6.92 Å². The van der Waals surface area contributed by atoms with Crippen LogP contribution in [0.5, 0.6) is 0 Å². The Hall–Kier alpha value is -3.94. The van der Waals surface area contributed by atoms with E-state index < -0.39 is 5.97 Å². The lowest BCUT2D eigenvalue weighted by Crippen LogP contribution is -2.52. The number of benzene rings is 2. The van der Waals surface area contributed by atoms with Gasteiger partial charge in [-0.25, -0.2) is 19.6 Å². The summed E-state index contributed by atoms with van der Waals surface area (Å²) in [5.74, 6) is 0.101. The zero-order chi connectivity index (χ0) is 22.3. The molecule has 1 aromatic heterocycles. The van der Waals surface area contributed by atoms with Gasteiger partial charge in [0.15, 0.2) is 0 Å². The summed E-state index contributed by atoms with van der Waals surface area (Å²) in [5, 5.41) is 0. The van der Waals surface area contributed by atoms with Crippen LogP contribution in [0.4, 0.5) is 22.1 Å². The highest BCUT2D eigenvalue weighted by Gasteiger charge is 2.28. The van der Waals surface area contributed by atoms with E-state index in [1.165, 1.54) is 12.4 Å². The smallest absolute Gasteiger partial charge is 0.341 e. The van der Waals surface area contributed by atoms with Crippen LogP contribution in [0.2, 0.25) is 0 Å². The number of urea groups is 1. The Kier molecular flexibility index (Phi) is 6.60. The molecule has 0 aliphatic carbocycles. The molecule has 8 nitrogen and oxygen atoms in total. The second-order valence-corrected chi connectivity index (χ2v) is 7.26. The van der Waals surface area contributed by atoms with Gasteiger partial charge in [-0.05, 0) is 31.2 Å². The molecule has 2 amide bonds. The van der Waals surface area contributed by atoms with Crippen LogP contribution in [0.15, 0.2) is 73.1 Å². The van der Waals surface area contributed by atoms with Crippen LogP contribution >= 0.6 is 0 Å². The van der Waals surface area contributed by atoms with E-state index in [9.17, 15) is 9.59 Å². The molecule has 8 heteroatoms. The Bertz CT molecular complexity index is 997. The predicted octanol–water partition coefficient (Wildman–Crippen LogP) is 3.73. The molecule has 0 atom stereocenters. The first-order chi connectivity index (χ1) is 15.7. The largest absolute Gasteiger partial charge is 0.462 e. The summed E-state index contributed by atoms with van der Waals surface area (Å²) in [6.07, 6.45) is 2.95. The van der Waals surface area contributed by atoms with Crippen LogP contribution in [0, 0.1) is 0 Å². The van der Waals surface area contributed by atoms with Gasteiger partial charge in [0.1, 0.15) is 0 Å². The Morgan fingerprint density at radius 3 is 1.91 bits per heavy atom. The third kappa shape index (κ3) is 4.69. The number of ether oxygens (including phenoxy) is 1. The summed E-state index contributed by atoms with van der Waals surface area (Å²) in [4.78, 5) is 39.5. The van der Waals surface area contributed by atoms with E-state index in [1.807, 2.05) is 70.5 Å². The summed E-state index contributed by atoms with van der Waals surface area (Å²) in [5.41, 5.74) is 1.97. The van der Waals surface area contributed by atoms with Gasteiger partial charge in [0.25, 0.3) is 0 Å². The summed E-state index contributed by atoms with van der Waals surface area (Å²) in [7, 11) is 0. The zero-order valence-corrected chi connectivity index (χ0v) is 17.9. The van der Waals surface area contributed by atoms with Gasteiger partial charge in [-0.2, -0.15) is 0 Å². The molecule has 0 unspecified atom stereocenters. The van der Waals surface area contributed by atoms with E-state index in [0.717, 1.165) is 11.4 Å². The van der Waals surface area contributed by atoms with Crippen LogP contribution in [0.25, 0.3) is 0 Å². The third-order valence-corrected chi connectivity index (χ3v) is 5.20. The number of anilines is 3. The lowest BCUT2D eigenvalue weighted by atomic mass is 10.2. The van der Waals surface area contributed by atoms with Crippen molar-refractivity contribution in [2.75, 3.05) is 42.6 Å². The number of piperazine rings is 1. The minimum atomic E-state index is -0.434. The number of hydrogen-bond donors (Lipinski definition) is 0. The number of rotatable bonds is 5. The minimum Gasteiger partial charge on any atom is -0.462 e. The fourth-order valence-corrected chi connectivity index (χ4v) is 3.57. The second kappa shape index (κ2) is 9.91. The summed E-state index contributed by atoms with van der Waals surface area (Å²) in [6, 6.07) is 19.2. The quantitative estimate of drug-likeness (QED) is 0.573. The number of carbonyl (C=O) groups is 2. The first-order valence-corrected chi connectivity index (χ1v) is 10.6. The topological polar surface area (TPSA) is 78.9 Å². The van der Waals surface area contributed by atoms with Gasteiger partial charge >= 0.3 is 12.0 Å². The lowest BCUT2D eigenvalue weighted by molar-refractivity contribution is 0.0525. The number of aromatic nitrogens is 2. The first kappa shape index (κ1) is 21.3. The van der Waals surface area contributed by atoms with Crippen molar-refractivity contribution >= 4 is 29.3 Å². The van der Waals surface area contributed by atoms with Gasteiger partial charge in [-0.1, -0.05) is 36.4 Å². The van der Waals surface area contributed by atoms with Gasteiger partial charge in [0.05, 0.1) is 23.5 Å². The monoisotopic (exact) mass is 431 g/mol. The van der Waals surface area contributed by atoms with Crippen molar-refractivity contribution < 1.29 is 14.3 Å². The molecule has 1 aliphatic rings. The van der Waals surface area contributed by atoms with Crippen LogP contribution in [0.3, 0.4) is 0 Å². The number of hydrogen-bond acceptors (Lipinski definition) is 6. The molecule has 0 bridgehead atoms. The highest BCUT2D eigenvalue weighted by Crippen LogP contribution is 2.27. The van der Waals surface area contributed by atoms with Crippen molar-refractivity contribution in [3.63, 3.8) is 0 Å². The maximum Gasteiger partial charge on any atom is 0.341 e. The Morgan fingerprint density at radius 1 is 0.875 bits per heavy atom. The van der Waals surface area contributed by atoms with E-state index in [2.05, 4.69) is 9.97 Å². The average molecular weight is 431 g/mol. The van der Waals surface area contributed by atoms with Crippen molar-refractivity contribution in [3.05, 3.63) is 78.6 Å². The molecule has 1 fully saturated rings. The molecule has 164 valence electrons. The molecule has 3 aromatic rings. The number of para-hydroxylation sites is 2. The predicted molar refractivity (Wildman–Crippen MR) is 122 cm³/mol. The van der Waals surface area contributed by atoms with Crippen molar-refractivity contribution in [2.24, 2.45) is 0 Å². The van der Waals surface area contributed by atoms with Gasteiger partial charge in [-0.3, -0.25) is 4.90 Å². The Balaban J connectivity index is 1.45. The molecular formula is C24H25N5O3. The zero-order valence-electron chi connectivity index (χ0n) is 17.9. The van der Waals surface area contributed by atoms with Gasteiger partial charge in [0, 0.05) is 38.6 Å². The van der Waals surface area contributed by atoms with Crippen molar-refractivity contribution in [1.29, 1.82) is 0 Å². The maximum absolute atomic E-state index is 13.5. The molecule has 4 rings (SSSR count). The van der Waals surface area contributed by atoms with Gasteiger partial charge in [0.2, 0.25) is 5.95 Å². The minimum absolute atomic E-state index is 0.0689. The van der Waals surface area contributed by atoms with E-state index in [-0.39, 0.29) is 6.03 Å². The standard InChI is InChI=1S/C24H25N5O3/c1-2-32-22(30)19-17-25-23(26-18-19)27-13-15-28(16-14-27)24(31)29(20-9-5-3-6-10-20)21-11-7-4-8-12-21/h3-12,17-18H,2,13-16H2,1H3. The highest BCUT2D eigenvalue weighted by atomic mass is 16.5. The van der Waals surface area contributed by atoms with Crippen LogP contribution in [-0.4, -0.2) is 59.7 Å². The molecular weight excluding hydrogens is 406 g/mol. The van der Waals surface area contributed by atoms with Crippen LogP contribution in [-0.2, 0) is 4.74 Å². The third-order valence-electron chi connectivity index (χ3n) is 5.20. The number of amides is 2. The molecule has 0 saturated carbocycles. The van der Waals surface area contributed by atoms with Crippen molar-refractivity contribution in [3.8, 4) is 0 Å². The van der Waals surface area contributed by atoms with Crippen LogP contribution < -0.4 is 9.80 Å². The maximum atomic E-state index is 13.5.